The first kappa shape index (κ1) is 15.2. The molecule has 0 bridgehead atoms. The highest BCUT2D eigenvalue weighted by molar-refractivity contribution is 7.13. The van der Waals surface area contributed by atoms with Crippen LogP contribution in [0.5, 0.6) is 5.75 Å². The van der Waals surface area contributed by atoms with Gasteiger partial charge in [0.05, 0.1) is 11.4 Å². The first-order chi connectivity index (χ1) is 11.2. The number of nitrogens with one attached hydrogen (secondary N) is 1. The predicted octanol–water partition coefficient (Wildman–Crippen LogP) is 2.88. The van der Waals surface area contributed by atoms with Crippen molar-refractivity contribution in [2.45, 2.75) is 19.6 Å². The first-order valence-corrected chi connectivity index (χ1v) is 7.96. The molecular weight excluding hydrogens is 314 g/mol. The van der Waals surface area contributed by atoms with Crippen molar-refractivity contribution in [1.82, 2.24) is 15.5 Å². The molecule has 0 aliphatic carbocycles. The van der Waals surface area contributed by atoms with E-state index in [1.165, 1.54) is 11.3 Å². The second-order valence-electron chi connectivity index (χ2n) is 4.78. The van der Waals surface area contributed by atoms with Crippen molar-refractivity contribution in [3.05, 3.63) is 53.7 Å². The number of ether oxygens (including phenoxy) is 1. The van der Waals surface area contributed by atoms with E-state index in [9.17, 15) is 4.79 Å². The molecule has 2 heterocycles. The maximum absolute atomic E-state index is 12.0. The van der Waals surface area contributed by atoms with Crippen LogP contribution in [0.15, 0.2) is 52.4 Å². The lowest BCUT2D eigenvalue weighted by Gasteiger charge is -2.13. The Balaban J connectivity index is 1.52. The monoisotopic (exact) mass is 329 g/mol. The fourth-order valence-electron chi connectivity index (χ4n) is 1.90. The van der Waals surface area contributed by atoms with Crippen molar-refractivity contribution < 1.29 is 14.1 Å². The lowest BCUT2D eigenvalue weighted by molar-refractivity contribution is -0.127. The molecule has 7 heteroatoms. The molecule has 6 nitrogen and oxygen atoms in total. The maximum Gasteiger partial charge on any atom is 0.261 e. The Kier molecular flexibility index (Phi) is 4.68. The number of nitrogens with zero attached hydrogens (tertiary/aromatic N) is 2. The van der Waals surface area contributed by atoms with E-state index in [0.29, 0.717) is 17.5 Å². The van der Waals surface area contributed by atoms with E-state index < -0.39 is 6.10 Å². The summed E-state index contributed by atoms with van der Waals surface area (Å²) >= 11 is 1.53. The van der Waals surface area contributed by atoms with Crippen molar-refractivity contribution in [3.8, 4) is 16.5 Å². The summed E-state index contributed by atoms with van der Waals surface area (Å²) in [4.78, 5) is 17.2. The third-order valence-electron chi connectivity index (χ3n) is 3.05. The van der Waals surface area contributed by atoms with Crippen molar-refractivity contribution in [3.63, 3.8) is 0 Å². The van der Waals surface area contributed by atoms with Gasteiger partial charge in [0.1, 0.15) is 5.75 Å². The number of hydrogen-bond acceptors (Lipinski definition) is 6. The van der Waals surface area contributed by atoms with Crippen LogP contribution in [0.1, 0.15) is 12.8 Å². The van der Waals surface area contributed by atoms with E-state index in [4.69, 9.17) is 9.26 Å². The van der Waals surface area contributed by atoms with Gasteiger partial charge in [-0.15, -0.1) is 11.3 Å². The molecule has 0 saturated carbocycles. The highest BCUT2D eigenvalue weighted by atomic mass is 32.1. The Morgan fingerprint density at radius 2 is 2.13 bits per heavy atom. The van der Waals surface area contributed by atoms with Crippen molar-refractivity contribution in [1.29, 1.82) is 0 Å². The minimum atomic E-state index is -0.614. The van der Waals surface area contributed by atoms with Crippen LogP contribution < -0.4 is 10.1 Å². The summed E-state index contributed by atoms with van der Waals surface area (Å²) in [5, 5.41) is 8.55. The number of rotatable bonds is 6. The first-order valence-electron chi connectivity index (χ1n) is 7.08. The van der Waals surface area contributed by atoms with Gasteiger partial charge >= 0.3 is 0 Å². The van der Waals surface area contributed by atoms with Crippen molar-refractivity contribution in [2.75, 3.05) is 0 Å². The molecule has 1 atom stereocenters. The minimum absolute atomic E-state index is 0.166. The Morgan fingerprint density at radius 3 is 2.87 bits per heavy atom. The normalized spacial score (nSPS) is 11.9. The van der Waals surface area contributed by atoms with Crippen molar-refractivity contribution >= 4 is 17.2 Å². The van der Waals surface area contributed by atoms with Gasteiger partial charge in [-0.1, -0.05) is 29.4 Å². The van der Waals surface area contributed by atoms with Crippen LogP contribution in [-0.2, 0) is 11.3 Å². The quantitative estimate of drug-likeness (QED) is 0.752. The summed E-state index contributed by atoms with van der Waals surface area (Å²) in [6.45, 7) is 1.85. The Bertz CT molecular complexity index is 756. The molecule has 0 saturated heterocycles. The molecule has 0 aliphatic rings. The van der Waals surface area contributed by atoms with Crippen LogP contribution in [-0.4, -0.2) is 22.2 Å². The van der Waals surface area contributed by atoms with E-state index in [-0.39, 0.29) is 12.5 Å². The van der Waals surface area contributed by atoms with E-state index >= 15 is 0 Å². The molecular formula is C16H15N3O3S. The predicted molar refractivity (Wildman–Crippen MR) is 86.0 cm³/mol. The van der Waals surface area contributed by atoms with E-state index in [0.717, 1.165) is 4.88 Å². The third-order valence-corrected chi connectivity index (χ3v) is 3.91. The fraction of sp³-hybridized carbons (Fsp3) is 0.188. The molecule has 23 heavy (non-hydrogen) atoms. The summed E-state index contributed by atoms with van der Waals surface area (Å²) in [5.74, 6) is 1.28. The van der Waals surface area contributed by atoms with Gasteiger partial charge < -0.3 is 14.6 Å². The molecule has 0 unspecified atom stereocenters. The second-order valence-corrected chi connectivity index (χ2v) is 5.73. The molecule has 0 aliphatic heterocycles. The summed E-state index contributed by atoms with van der Waals surface area (Å²) in [6.07, 6.45) is -0.614. The van der Waals surface area contributed by atoms with Crippen LogP contribution in [0, 0.1) is 0 Å². The van der Waals surface area contributed by atoms with Crippen LogP contribution in [0.3, 0.4) is 0 Å². The Labute approximate surface area is 137 Å². The van der Waals surface area contributed by atoms with Gasteiger partial charge in [-0.05, 0) is 30.5 Å². The molecule has 0 radical (unpaired) electrons. The summed E-state index contributed by atoms with van der Waals surface area (Å²) in [7, 11) is 0. The average Bonchev–Trinajstić information content (AvgIpc) is 3.24. The summed E-state index contributed by atoms with van der Waals surface area (Å²) in [6, 6.07) is 13.0. The fourth-order valence-corrected chi connectivity index (χ4v) is 2.54. The number of hydrogen-bond donors (Lipinski definition) is 1. The van der Waals surface area contributed by atoms with Crippen LogP contribution in [0.4, 0.5) is 0 Å². The van der Waals surface area contributed by atoms with Gasteiger partial charge in [0.2, 0.25) is 11.7 Å². The van der Waals surface area contributed by atoms with Gasteiger partial charge in [-0.2, -0.15) is 4.98 Å². The van der Waals surface area contributed by atoms with E-state index in [2.05, 4.69) is 15.5 Å². The average molecular weight is 329 g/mol. The number of carbonyl (C=O) groups is 1. The molecule has 2 aromatic heterocycles. The highest BCUT2D eigenvalue weighted by Gasteiger charge is 2.16. The lowest BCUT2D eigenvalue weighted by Crippen LogP contribution is -2.35. The molecule has 0 fully saturated rings. The van der Waals surface area contributed by atoms with Crippen LogP contribution in [0.2, 0.25) is 0 Å². The second kappa shape index (κ2) is 7.06. The molecule has 1 N–H and O–H groups in total. The molecule has 1 aromatic carbocycles. The lowest BCUT2D eigenvalue weighted by atomic mass is 10.3. The van der Waals surface area contributed by atoms with Crippen molar-refractivity contribution in [2.24, 2.45) is 0 Å². The zero-order valence-corrected chi connectivity index (χ0v) is 13.2. The smallest absolute Gasteiger partial charge is 0.261 e. The third kappa shape index (κ3) is 3.95. The highest BCUT2D eigenvalue weighted by Crippen LogP contribution is 2.21. The van der Waals surface area contributed by atoms with Gasteiger partial charge in [-0.3, -0.25) is 4.79 Å². The van der Waals surface area contributed by atoms with Gasteiger partial charge in [0.25, 0.3) is 5.91 Å². The Morgan fingerprint density at radius 1 is 1.30 bits per heavy atom. The van der Waals surface area contributed by atoms with Gasteiger partial charge in [-0.25, -0.2) is 0 Å². The topological polar surface area (TPSA) is 77.2 Å². The zero-order chi connectivity index (χ0) is 16.1. The number of aromatic nitrogens is 2. The summed E-state index contributed by atoms with van der Waals surface area (Å²) in [5.41, 5.74) is 0. The van der Waals surface area contributed by atoms with Crippen LogP contribution in [0.25, 0.3) is 10.7 Å². The SMILES string of the molecule is C[C@@H](Oc1ccccc1)C(=O)NCc1nc(-c2cccs2)no1. The zero-order valence-electron chi connectivity index (χ0n) is 12.4. The molecule has 1 amide bonds. The number of amides is 1. The standard InChI is InChI=1S/C16H15N3O3S/c1-11(21-12-6-3-2-4-7-12)16(20)17-10-14-18-15(19-22-14)13-8-5-9-23-13/h2-9,11H,10H2,1H3,(H,17,20)/t11-/m1/s1. The summed E-state index contributed by atoms with van der Waals surface area (Å²) < 4.78 is 10.7. The number of benzene rings is 1. The van der Waals surface area contributed by atoms with E-state index in [1.54, 1.807) is 19.1 Å². The van der Waals surface area contributed by atoms with Crippen LogP contribution >= 0.6 is 11.3 Å². The minimum Gasteiger partial charge on any atom is -0.481 e. The maximum atomic E-state index is 12.0. The molecule has 0 spiro atoms. The number of carbonyl (C=O) groups excluding carboxylic acids is 1. The van der Waals surface area contributed by atoms with Gasteiger partial charge in [0, 0.05) is 0 Å². The molecule has 3 rings (SSSR count). The number of thiophene rings is 1. The van der Waals surface area contributed by atoms with Gasteiger partial charge in [0.15, 0.2) is 6.10 Å². The largest absolute Gasteiger partial charge is 0.481 e. The molecule has 3 aromatic rings. The molecule has 118 valence electrons. The van der Waals surface area contributed by atoms with E-state index in [1.807, 2.05) is 35.7 Å². The Hall–Kier alpha value is -2.67. The number of para-hydroxylation sites is 1.